The topological polar surface area (TPSA) is 79.6 Å². The Labute approximate surface area is 151 Å². The van der Waals surface area contributed by atoms with Crippen molar-refractivity contribution >= 4 is 11.9 Å². The third-order valence-corrected chi connectivity index (χ3v) is 4.10. The van der Waals surface area contributed by atoms with E-state index >= 15 is 0 Å². The Bertz CT molecular complexity index is 823. The lowest BCUT2D eigenvalue weighted by Crippen LogP contribution is -2.44. The summed E-state index contributed by atoms with van der Waals surface area (Å²) in [6, 6.07) is 17.1. The highest BCUT2D eigenvalue weighted by molar-refractivity contribution is 5.93. The van der Waals surface area contributed by atoms with Crippen LogP contribution in [-0.4, -0.2) is 43.1 Å². The van der Waals surface area contributed by atoms with Crippen LogP contribution < -0.4 is 0 Å². The van der Waals surface area contributed by atoms with E-state index in [1.165, 1.54) is 6.07 Å². The van der Waals surface area contributed by atoms with Gasteiger partial charge in [0.25, 0.3) is 5.91 Å². The van der Waals surface area contributed by atoms with Crippen molar-refractivity contribution in [3.05, 3.63) is 71.3 Å². The van der Waals surface area contributed by atoms with Gasteiger partial charge in [0.2, 0.25) is 6.10 Å². The molecule has 0 saturated carbocycles. The molecule has 0 bridgehead atoms. The van der Waals surface area contributed by atoms with Gasteiger partial charge in [-0.2, -0.15) is 5.26 Å². The standard InChI is InChI=1S/C20H18N2O4/c21-14-15-5-4-8-17(13-15)20(24)26-18(16-6-2-1-3-7-16)19(23)22-9-11-25-12-10-22/h1-8,13,18H,9-12H2. The van der Waals surface area contributed by atoms with E-state index in [2.05, 4.69) is 0 Å². The maximum absolute atomic E-state index is 12.9. The van der Waals surface area contributed by atoms with E-state index in [0.29, 0.717) is 37.4 Å². The minimum absolute atomic E-state index is 0.236. The lowest BCUT2D eigenvalue weighted by atomic mass is 10.1. The smallest absolute Gasteiger partial charge is 0.339 e. The monoisotopic (exact) mass is 350 g/mol. The van der Waals surface area contributed by atoms with Crippen molar-refractivity contribution in [3.63, 3.8) is 0 Å². The fourth-order valence-electron chi connectivity index (χ4n) is 2.73. The maximum Gasteiger partial charge on any atom is 0.339 e. The predicted molar refractivity (Wildman–Crippen MR) is 93.2 cm³/mol. The number of morpholine rings is 1. The van der Waals surface area contributed by atoms with Crippen LogP contribution in [-0.2, 0) is 14.3 Å². The normalized spacial score (nSPS) is 15.0. The number of amides is 1. The molecule has 2 aromatic carbocycles. The minimum atomic E-state index is -1.03. The van der Waals surface area contributed by atoms with E-state index < -0.39 is 12.1 Å². The first kappa shape index (κ1) is 17.6. The van der Waals surface area contributed by atoms with Gasteiger partial charge in [-0.1, -0.05) is 36.4 Å². The lowest BCUT2D eigenvalue weighted by molar-refractivity contribution is -0.145. The highest BCUT2D eigenvalue weighted by Crippen LogP contribution is 2.23. The average molecular weight is 350 g/mol. The molecule has 1 unspecified atom stereocenters. The molecule has 1 amide bonds. The number of esters is 1. The van der Waals surface area contributed by atoms with Gasteiger partial charge in [-0.15, -0.1) is 0 Å². The Morgan fingerprint density at radius 1 is 1.08 bits per heavy atom. The molecule has 0 N–H and O–H groups in total. The minimum Gasteiger partial charge on any atom is -0.444 e. The number of hydrogen-bond acceptors (Lipinski definition) is 5. The second-order valence-corrected chi connectivity index (χ2v) is 5.83. The first-order valence-electron chi connectivity index (χ1n) is 8.31. The first-order chi connectivity index (χ1) is 12.7. The summed E-state index contributed by atoms with van der Waals surface area (Å²) in [7, 11) is 0. The van der Waals surface area contributed by atoms with Gasteiger partial charge in [0.1, 0.15) is 0 Å². The highest BCUT2D eigenvalue weighted by Gasteiger charge is 2.30. The van der Waals surface area contributed by atoms with Crippen LogP contribution in [0.3, 0.4) is 0 Å². The predicted octanol–water partition coefficient (Wildman–Crippen LogP) is 2.32. The summed E-state index contributed by atoms with van der Waals surface area (Å²) in [5, 5.41) is 8.99. The van der Waals surface area contributed by atoms with Crippen LogP contribution in [0.25, 0.3) is 0 Å². The number of carbonyl (C=O) groups excluding carboxylic acids is 2. The van der Waals surface area contributed by atoms with E-state index in [0.717, 1.165) is 0 Å². The highest BCUT2D eigenvalue weighted by atomic mass is 16.5. The van der Waals surface area contributed by atoms with E-state index in [4.69, 9.17) is 14.7 Å². The van der Waals surface area contributed by atoms with E-state index in [1.54, 1.807) is 47.4 Å². The van der Waals surface area contributed by atoms with Gasteiger partial charge in [0.05, 0.1) is 30.4 Å². The molecule has 0 aromatic heterocycles. The van der Waals surface area contributed by atoms with Gasteiger partial charge in [-0.3, -0.25) is 4.79 Å². The molecule has 1 aliphatic heterocycles. The van der Waals surface area contributed by atoms with Crippen molar-refractivity contribution in [1.82, 2.24) is 4.90 Å². The van der Waals surface area contributed by atoms with Gasteiger partial charge < -0.3 is 14.4 Å². The van der Waals surface area contributed by atoms with E-state index in [1.807, 2.05) is 12.1 Å². The molecule has 1 fully saturated rings. The maximum atomic E-state index is 12.9. The Hall–Kier alpha value is -3.17. The fourth-order valence-corrected chi connectivity index (χ4v) is 2.73. The SMILES string of the molecule is N#Cc1cccc(C(=O)OC(C(=O)N2CCOCC2)c2ccccc2)c1. The molecule has 0 spiro atoms. The molecule has 2 aromatic rings. The molecule has 3 rings (SSSR count). The van der Waals surface area contributed by atoms with E-state index in [9.17, 15) is 9.59 Å². The van der Waals surface area contributed by atoms with Crippen molar-refractivity contribution in [3.8, 4) is 6.07 Å². The van der Waals surface area contributed by atoms with Crippen LogP contribution in [0, 0.1) is 11.3 Å². The molecule has 26 heavy (non-hydrogen) atoms. The Morgan fingerprint density at radius 2 is 1.81 bits per heavy atom. The number of benzene rings is 2. The zero-order valence-corrected chi connectivity index (χ0v) is 14.1. The molecule has 1 saturated heterocycles. The molecule has 6 nitrogen and oxygen atoms in total. The summed E-state index contributed by atoms with van der Waals surface area (Å²) in [6.07, 6.45) is -1.03. The molecule has 1 aliphatic rings. The van der Waals surface area contributed by atoms with Crippen LogP contribution in [0.2, 0.25) is 0 Å². The molecule has 1 heterocycles. The van der Waals surface area contributed by atoms with Crippen LogP contribution >= 0.6 is 0 Å². The third-order valence-electron chi connectivity index (χ3n) is 4.10. The van der Waals surface area contributed by atoms with E-state index in [-0.39, 0.29) is 11.5 Å². The summed E-state index contributed by atoms with van der Waals surface area (Å²) in [5.74, 6) is -0.915. The fraction of sp³-hybridized carbons (Fsp3) is 0.250. The molecular formula is C20H18N2O4. The number of rotatable bonds is 4. The van der Waals surface area contributed by atoms with Gasteiger partial charge in [0, 0.05) is 18.7 Å². The molecular weight excluding hydrogens is 332 g/mol. The molecule has 0 radical (unpaired) electrons. The number of ether oxygens (including phenoxy) is 2. The summed E-state index contributed by atoms with van der Waals surface area (Å²) < 4.78 is 10.8. The summed E-state index contributed by atoms with van der Waals surface area (Å²) in [5.41, 5.74) is 1.20. The zero-order valence-electron chi connectivity index (χ0n) is 14.1. The summed E-state index contributed by atoms with van der Waals surface area (Å²) in [6.45, 7) is 1.85. The molecule has 1 atom stereocenters. The third kappa shape index (κ3) is 4.08. The Morgan fingerprint density at radius 3 is 2.50 bits per heavy atom. The number of hydrogen-bond donors (Lipinski definition) is 0. The van der Waals surface area contributed by atoms with Crippen molar-refractivity contribution < 1.29 is 19.1 Å². The van der Waals surface area contributed by atoms with Crippen molar-refractivity contribution in [1.29, 1.82) is 5.26 Å². The lowest BCUT2D eigenvalue weighted by Gasteiger charge is -2.30. The van der Waals surface area contributed by atoms with Crippen LogP contribution in [0.1, 0.15) is 27.6 Å². The zero-order chi connectivity index (χ0) is 18.4. The Balaban J connectivity index is 1.84. The molecule has 6 heteroatoms. The van der Waals surface area contributed by atoms with Gasteiger partial charge in [-0.25, -0.2) is 4.79 Å². The summed E-state index contributed by atoms with van der Waals surface area (Å²) in [4.78, 5) is 27.1. The quantitative estimate of drug-likeness (QED) is 0.791. The summed E-state index contributed by atoms with van der Waals surface area (Å²) >= 11 is 0. The van der Waals surface area contributed by atoms with Crippen molar-refractivity contribution in [2.24, 2.45) is 0 Å². The number of nitriles is 1. The molecule has 0 aliphatic carbocycles. The second-order valence-electron chi connectivity index (χ2n) is 5.83. The molecule has 132 valence electrons. The van der Waals surface area contributed by atoms with Crippen LogP contribution in [0.4, 0.5) is 0 Å². The first-order valence-corrected chi connectivity index (χ1v) is 8.31. The van der Waals surface area contributed by atoms with Crippen LogP contribution in [0.15, 0.2) is 54.6 Å². The number of nitrogens with zero attached hydrogens (tertiary/aromatic N) is 2. The van der Waals surface area contributed by atoms with Crippen molar-refractivity contribution in [2.75, 3.05) is 26.3 Å². The average Bonchev–Trinajstić information content (AvgIpc) is 2.72. The van der Waals surface area contributed by atoms with Gasteiger partial charge in [0.15, 0.2) is 0 Å². The van der Waals surface area contributed by atoms with Crippen LogP contribution in [0.5, 0.6) is 0 Å². The van der Waals surface area contributed by atoms with Gasteiger partial charge >= 0.3 is 5.97 Å². The largest absolute Gasteiger partial charge is 0.444 e. The van der Waals surface area contributed by atoms with Crippen molar-refractivity contribution in [2.45, 2.75) is 6.10 Å². The van der Waals surface area contributed by atoms with Gasteiger partial charge in [-0.05, 0) is 18.2 Å². The Kier molecular flexibility index (Phi) is 5.62. The second kappa shape index (κ2) is 8.28. The number of carbonyl (C=O) groups is 2.